The van der Waals surface area contributed by atoms with Crippen LogP contribution in [0.25, 0.3) is 0 Å². The van der Waals surface area contributed by atoms with Crippen LogP contribution in [0.3, 0.4) is 0 Å². The zero-order chi connectivity index (χ0) is 14.8. The summed E-state index contributed by atoms with van der Waals surface area (Å²) in [6.45, 7) is 6.15. The lowest BCUT2D eigenvalue weighted by atomic mass is 9.83. The molecular formula is C17H20BrNOS. The summed E-state index contributed by atoms with van der Waals surface area (Å²) in [5.41, 5.74) is 2.74. The van der Waals surface area contributed by atoms with Crippen LogP contribution in [-0.2, 0) is 0 Å². The van der Waals surface area contributed by atoms with Crippen LogP contribution in [0.1, 0.15) is 41.3 Å². The normalized spacial score (nSPS) is 18.9. The molecule has 0 aliphatic carbocycles. The third-order valence-electron chi connectivity index (χ3n) is 4.09. The van der Waals surface area contributed by atoms with E-state index in [1.807, 2.05) is 11.3 Å². The molecule has 0 radical (unpaired) electrons. The maximum absolute atomic E-state index is 5.82. The predicted molar refractivity (Wildman–Crippen MR) is 92.5 cm³/mol. The third kappa shape index (κ3) is 3.03. The SMILES string of the molecule is CCNC(c1cc(Br)sc1C)C1CCOc2ccccc21. The van der Waals surface area contributed by atoms with E-state index in [9.17, 15) is 0 Å². The van der Waals surface area contributed by atoms with Crippen LogP contribution in [0.5, 0.6) is 5.75 Å². The van der Waals surface area contributed by atoms with Gasteiger partial charge < -0.3 is 10.1 Å². The molecule has 112 valence electrons. The van der Waals surface area contributed by atoms with E-state index in [0.717, 1.165) is 25.3 Å². The van der Waals surface area contributed by atoms with E-state index in [4.69, 9.17) is 4.74 Å². The minimum atomic E-state index is 0.350. The Hall–Kier alpha value is -0.840. The van der Waals surface area contributed by atoms with Gasteiger partial charge in [0.25, 0.3) is 0 Å². The number of thiophene rings is 1. The average molecular weight is 366 g/mol. The standard InChI is InChI=1S/C17H20BrNOS/c1-3-19-17(14-10-16(18)21-11(14)2)13-8-9-20-15-7-5-4-6-12(13)15/h4-7,10,13,17,19H,3,8-9H2,1-2H3. The molecular weight excluding hydrogens is 346 g/mol. The summed E-state index contributed by atoms with van der Waals surface area (Å²) in [5.74, 6) is 1.51. The number of hydrogen-bond acceptors (Lipinski definition) is 3. The van der Waals surface area contributed by atoms with Crippen LogP contribution in [0.4, 0.5) is 0 Å². The van der Waals surface area contributed by atoms with Crippen molar-refractivity contribution in [1.29, 1.82) is 0 Å². The fourth-order valence-electron chi connectivity index (χ4n) is 3.17. The molecule has 1 aliphatic heterocycles. The minimum absolute atomic E-state index is 0.350. The lowest BCUT2D eigenvalue weighted by Gasteiger charge is -2.33. The second-order valence-electron chi connectivity index (χ2n) is 5.38. The largest absolute Gasteiger partial charge is 0.493 e. The van der Waals surface area contributed by atoms with Crippen LogP contribution in [0, 0.1) is 6.92 Å². The van der Waals surface area contributed by atoms with Crippen molar-refractivity contribution in [3.8, 4) is 5.75 Å². The van der Waals surface area contributed by atoms with Crippen molar-refractivity contribution in [1.82, 2.24) is 5.32 Å². The quantitative estimate of drug-likeness (QED) is 0.819. The highest BCUT2D eigenvalue weighted by Gasteiger charge is 2.30. The first-order valence-corrected chi connectivity index (χ1v) is 9.02. The zero-order valence-corrected chi connectivity index (χ0v) is 14.8. The topological polar surface area (TPSA) is 21.3 Å². The van der Waals surface area contributed by atoms with E-state index in [-0.39, 0.29) is 0 Å². The molecule has 3 rings (SSSR count). The highest BCUT2D eigenvalue weighted by Crippen LogP contribution is 2.44. The summed E-state index contributed by atoms with van der Waals surface area (Å²) in [6, 6.07) is 11.1. The Kier molecular flexibility index (Phi) is 4.67. The Labute approximate surface area is 138 Å². The molecule has 0 amide bonds. The van der Waals surface area contributed by atoms with Crippen LogP contribution < -0.4 is 10.1 Å². The highest BCUT2D eigenvalue weighted by molar-refractivity contribution is 9.11. The van der Waals surface area contributed by atoms with Gasteiger partial charge in [-0.1, -0.05) is 25.1 Å². The Bertz CT molecular complexity index is 625. The molecule has 1 N–H and O–H groups in total. The first-order valence-electron chi connectivity index (χ1n) is 7.41. The highest BCUT2D eigenvalue weighted by atomic mass is 79.9. The molecule has 21 heavy (non-hydrogen) atoms. The first kappa shape index (κ1) is 15.1. The zero-order valence-electron chi connectivity index (χ0n) is 12.4. The number of ether oxygens (including phenoxy) is 1. The molecule has 2 aromatic rings. The van der Waals surface area contributed by atoms with Crippen molar-refractivity contribution >= 4 is 27.3 Å². The first-order chi connectivity index (χ1) is 10.2. The Morgan fingerprint density at radius 3 is 2.95 bits per heavy atom. The molecule has 2 nitrogen and oxygen atoms in total. The fraction of sp³-hybridized carbons (Fsp3) is 0.412. The lowest BCUT2D eigenvalue weighted by molar-refractivity contribution is 0.246. The molecule has 0 spiro atoms. The summed E-state index contributed by atoms with van der Waals surface area (Å²) in [6.07, 6.45) is 1.06. The van der Waals surface area contributed by atoms with Crippen molar-refractivity contribution in [2.75, 3.05) is 13.2 Å². The second-order valence-corrected chi connectivity index (χ2v) is 8.01. The number of halogens is 1. The third-order valence-corrected chi connectivity index (χ3v) is 5.66. The molecule has 1 aromatic carbocycles. The van der Waals surface area contributed by atoms with E-state index >= 15 is 0 Å². The maximum atomic E-state index is 5.82. The van der Waals surface area contributed by atoms with Crippen molar-refractivity contribution in [3.63, 3.8) is 0 Å². The average Bonchev–Trinajstić information content (AvgIpc) is 2.83. The van der Waals surface area contributed by atoms with Crippen LogP contribution in [0.15, 0.2) is 34.1 Å². The minimum Gasteiger partial charge on any atom is -0.493 e. The molecule has 4 heteroatoms. The van der Waals surface area contributed by atoms with Gasteiger partial charge in [-0.3, -0.25) is 0 Å². The molecule has 0 saturated heterocycles. The Morgan fingerprint density at radius 2 is 2.24 bits per heavy atom. The molecule has 2 atom stereocenters. The van der Waals surface area contributed by atoms with Gasteiger partial charge >= 0.3 is 0 Å². The van der Waals surface area contributed by atoms with Gasteiger partial charge in [0.05, 0.1) is 10.4 Å². The van der Waals surface area contributed by atoms with E-state index in [0.29, 0.717) is 12.0 Å². The summed E-state index contributed by atoms with van der Waals surface area (Å²) in [7, 11) is 0. The summed E-state index contributed by atoms with van der Waals surface area (Å²) in [5, 5.41) is 3.69. The second kappa shape index (κ2) is 6.51. The van der Waals surface area contributed by atoms with Gasteiger partial charge in [-0.15, -0.1) is 11.3 Å². The number of likely N-dealkylation sites (N-methyl/N-ethyl adjacent to an activating group) is 1. The molecule has 0 saturated carbocycles. The number of fused-ring (bicyclic) bond motifs is 1. The molecule has 2 heterocycles. The maximum Gasteiger partial charge on any atom is 0.122 e. The summed E-state index contributed by atoms with van der Waals surface area (Å²) < 4.78 is 7.03. The van der Waals surface area contributed by atoms with Crippen molar-refractivity contribution in [2.24, 2.45) is 0 Å². The molecule has 2 unspecified atom stereocenters. The van der Waals surface area contributed by atoms with Crippen LogP contribution in [0.2, 0.25) is 0 Å². The predicted octanol–water partition coefficient (Wildman–Crippen LogP) is 5.04. The molecule has 0 fully saturated rings. The monoisotopic (exact) mass is 365 g/mol. The van der Waals surface area contributed by atoms with E-state index in [2.05, 4.69) is 65.4 Å². The number of rotatable bonds is 4. The van der Waals surface area contributed by atoms with Gasteiger partial charge in [0.15, 0.2) is 0 Å². The fourth-order valence-corrected chi connectivity index (χ4v) is 4.93. The van der Waals surface area contributed by atoms with Gasteiger partial charge in [0.1, 0.15) is 5.75 Å². The number of para-hydroxylation sites is 1. The van der Waals surface area contributed by atoms with E-state index in [1.165, 1.54) is 19.8 Å². The summed E-state index contributed by atoms with van der Waals surface area (Å²) >= 11 is 5.44. The Morgan fingerprint density at radius 1 is 1.43 bits per heavy atom. The van der Waals surface area contributed by atoms with Gasteiger partial charge in [0, 0.05) is 16.8 Å². The van der Waals surface area contributed by atoms with Gasteiger partial charge in [-0.05, 0) is 59.1 Å². The lowest BCUT2D eigenvalue weighted by Crippen LogP contribution is -2.30. The van der Waals surface area contributed by atoms with Crippen LogP contribution >= 0.6 is 27.3 Å². The molecule has 1 aliphatic rings. The van der Waals surface area contributed by atoms with Gasteiger partial charge in [-0.25, -0.2) is 0 Å². The van der Waals surface area contributed by atoms with Crippen molar-refractivity contribution in [2.45, 2.75) is 32.2 Å². The molecule has 1 aromatic heterocycles. The molecule has 0 bridgehead atoms. The van der Waals surface area contributed by atoms with Gasteiger partial charge in [-0.2, -0.15) is 0 Å². The van der Waals surface area contributed by atoms with E-state index in [1.54, 1.807) is 0 Å². The van der Waals surface area contributed by atoms with Crippen LogP contribution in [-0.4, -0.2) is 13.2 Å². The summed E-state index contributed by atoms with van der Waals surface area (Å²) in [4.78, 5) is 1.39. The number of hydrogen-bond donors (Lipinski definition) is 1. The van der Waals surface area contributed by atoms with Crippen molar-refractivity contribution in [3.05, 3.63) is 50.1 Å². The van der Waals surface area contributed by atoms with E-state index < -0.39 is 0 Å². The smallest absolute Gasteiger partial charge is 0.122 e. The number of benzene rings is 1. The van der Waals surface area contributed by atoms with Crippen molar-refractivity contribution < 1.29 is 4.74 Å². The number of nitrogens with one attached hydrogen (secondary N) is 1. The number of aryl methyl sites for hydroxylation is 1. The Balaban J connectivity index is 2.01. The van der Waals surface area contributed by atoms with Gasteiger partial charge in [0.2, 0.25) is 0 Å².